The second-order valence-corrected chi connectivity index (χ2v) is 5.81. The molecule has 0 saturated heterocycles. The van der Waals surface area contributed by atoms with Crippen LogP contribution < -0.4 is 15.4 Å². The van der Waals surface area contributed by atoms with E-state index in [0.29, 0.717) is 17.1 Å². The highest BCUT2D eigenvalue weighted by Crippen LogP contribution is 2.18. The summed E-state index contributed by atoms with van der Waals surface area (Å²) >= 11 is 0. The van der Waals surface area contributed by atoms with E-state index in [4.69, 9.17) is 4.74 Å². The van der Waals surface area contributed by atoms with Crippen LogP contribution in [0.4, 0.5) is 17.1 Å². The van der Waals surface area contributed by atoms with Gasteiger partial charge in [0.1, 0.15) is 5.75 Å². The summed E-state index contributed by atoms with van der Waals surface area (Å²) in [6.07, 6.45) is 0. The van der Waals surface area contributed by atoms with E-state index in [1.54, 1.807) is 38.1 Å². The van der Waals surface area contributed by atoms with Gasteiger partial charge < -0.3 is 15.4 Å². The average molecular weight is 357 g/mol. The van der Waals surface area contributed by atoms with Gasteiger partial charge in [-0.15, -0.1) is 0 Å². The molecule has 0 radical (unpaired) electrons. The fraction of sp³-hybridized carbons (Fsp3) is 0.222. The molecule has 2 aromatic rings. The maximum Gasteiger partial charge on any atom is 0.269 e. The van der Waals surface area contributed by atoms with Crippen molar-refractivity contribution in [1.82, 2.24) is 0 Å². The summed E-state index contributed by atoms with van der Waals surface area (Å²) in [4.78, 5) is 33.8. The molecule has 2 amide bonds. The maximum absolute atomic E-state index is 12.0. The van der Waals surface area contributed by atoms with Gasteiger partial charge in [-0.3, -0.25) is 19.7 Å². The molecule has 0 saturated carbocycles. The Morgan fingerprint density at radius 2 is 1.69 bits per heavy atom. The zero-order valence-electron chi connectivity index (χ0n) is 14.4. The number of nitrogens with zero attached hydrogens (tertiary/aromatic N) is 1. The number of rotatable bonds is 7. The van der Waals surface area contributed by atoms with Crippen LogP contribution in [0.5, 0.6) is 5.75 Å². The van der Waals surface area contributed by atoms with Crippen molar-refractivity contribution >= 4 is 28.9 Å². The number of carbonyl (C=O) groups is 2. The molecule has 2 N–H and O–H groups in total. The number of amides is 2. The Bertz CT molecular complexity index is 803. The molecule has 136 valence electrons. The number of benzene rings is 2. The van der Waals surface area contributed by atoms with E-state index < -0.39 is 10.8 Å². The average Bonchev–Trinajstić information content (AvgIpc) is 2.60. The van der Waals surface area contributed by atoms with E-state index in [-0.39, 0.29) is 24.1 Å². The van der Waals surface area contributed by atoms with Crippen LogP contribution in [0.25, 0.3) is 0 Å². The van der Waals surface area contributed by atoms with Gasteiger partial charge in [0.15, 0.2) is 6.61 Å². The van der Waals surface area contributed by atoms with Gasteiger partial charge in [0.05, 0.1) is 4.92 Å². The normalized spacial score (nSPS) is 10.3. The van der Waals surface area contributed by atoms with Gasteiger partial charge in [-0.1, -0.05) is 19.9 Å². The lowest BCUT2D eigenvalue weighted by atomic mass is 10.2. The standard InChI is InChI=1S/C18H19N3O5/c1-12(2)18(23)20-14-5-3-4-13(10-14)19-17(22)11-26-16-8-6-15(7-9-16)21(24)25/h3-10,12H,11H2,1-2H3,(H,19,22)(H,20,23). The van der Waals surface area contributed by atoms with Crippen LogP contribution in [0.1, 0.15) is 13.8 Å². The largest absolute Gasteiger partial charge is 0.484 e. The zero-order valence-corrected chi connectivity index (χ0v) is 14.4. The lowest BCUT2D eigenvalue weighted by Crippen LogP contribution is -2.21. The number of hydrogen-bond acceptors (Lipinski definition) is 5. The Labute approximate surface area is 150 Å². The van der Waals surface area contributed by atoms with Crippen molar-refractivity contribution in [3.05, 3.63) is 58.6 Å². The van der Waals surface area contributed by atoms with Crippen molar-refractivity contribution in [2.24, 2.45) is 5.92 Å². The van der Waals surface area contributed by atoms with Crippen molar-refractivity contribution in [2.75, 3.05) is 17.2 Å². The molecule has 0 aliphatic heterocycles. The first-order valence-corrected chi connectivity index (χ1v) is 7.93. The lowest BCUT2D eigenvalue weighted by molar-refractivity contribution is -0.384. The van der Waals surface area contributed by atoms with Crippen LogP contribution in [0, 0.1) is 16.0 Å². The molecule has 0 fully saturated rings. The molecule has 0 spiro atoms. The Hall–Kier alpha value is -3.42. The third-order valence-corrected chi connectivity index (χ3v) is 3.36. The first-order valence-electron chi connectivity index (χ1n) is 7.93. The summed E-state index contributed by atoms with van der Waals surface area (Å²) in [6.45, 7) is 3.33. The maximum atomic E-state index is 12.0. The van der Waals surface area contributed by atoms with E-state index in [1.165, 1.54) is 24.3 Å². The highest BCUT2D eigenvalue weighted by atomic mass is 16.6. The van der Waals surface area contributed by atoms with Crippen molar-refractivity contribution in [1.29, 1.82) is 0 Å². The predicted molar refractivity (Wildman–Crippen MR) is 97.1 cm³/mol. The highest BCUT2D eigenvalue weighted by Gasteiger charge is 2.09. The summed E-state index contributed by atoms with van der Waals surface area (Å²) < 4.78 is 5.30. The number of nitrogens with one attached hydrogen (secondary N) is 2. The molecule has 8 nitrogen and oxygen atoms in total. The molecule has 8 heteroatoms. The van der Waals surface area contributed by atoms with E-state index in [9.17, 15) is 19.7 Å². The van der Waals surface area contributed by atoms with Crippen LogP contribution >= 0.6 is 0 Å². The molecule has 0 heterocycles. The number of ether oxygens (including phenoxy) is 1. The van der Waals surface area contributed by atoms with E-state index in [2.05, 4.69) is 10.6 Å². The fourth-order valence-corrected chi connectivity index (χ4v) is 1.97. The van der Waals surface area contributed by atoms with Crippen molar-refractivity contribution in [2.45, 2.75) is 13.8 Å². The summed E-state index contributed by atoms with van der Waals surface area (Å²) in [5.74, 6) is -0.308. The number of anilines is 2. The minimum atomic E-state index is -0.512. The van der Waals surface area contributed by atoms with Gasteiger partial charge in [0.2, 0.25) is 5.91 Å². The first kappa shape index (κ1) is 18.9. The Morgan fingerprint density at radius 3 is 2.27 bits per heavy atom. The van der Waals surface area contributed by atoms with Crippen LogP contribution in [-0.2, 0) is 9.59 Å². The number of non-ortho nitro benzene ring substituents is 1. The van der Waals surface area contributed by atoms with Gasteiger partial charge in [-0.2, -0.15) is 0 Å². The molecule has 0 aliphatic rings. The second-order valence-electron chi connectivity index (χ2n) is 5.81. The molecule has 0 bridgehead atoms. The van der Waals surface area contributed by atoms with E-state index in [1.807, 2.05) is 0 Å². The Morgan fingerprint density at radius 1 is 1.08 bits per heavy atom. The number of hydrogen-bond donors (Lipinski definition) is 2. The molecular formula is C18H19N3O5. The van der Waals surface area contributed by atoms with E-state index in [0.717, 1.165) is 0 Å². The summed E-state index contributed by atoms with van der Waals surface area (Å²) in [6, 6.07) is 12.2. The quantitative estimate of drug-likeness (QED) is 0.584. The molecular weight excluding hydrogens is 338 g/mol. The molecule has 0 aromatic heterocycles. The molecule has 0 atom stereocenters. The molecule has 0 aliphatic carbocycles. The summed E-state index contributed by atoms with van der Waals surface area (Å²) in [5, 5.41) is 16.0. The first-order chi connectivity index (χ1) is 12.3. The van der Waals surface area contributed by atoms with E-state index >= 15 is 0 Å². The van der Waals surface area contributed by atoms with Crippen molar-refractivity contribution in [3.8, 4) is 5.75 Å². The lowest BCUT2D eigenvalue weighted by Gasteiger charge is -2.11. The monoisotopic (exact) mass is 357 g/mol. The second kappa shape index (κ2) is 8.61. The number of carbonyl (C=O) groups excluding carboxylic acids is 2. The number of nitro benzene ring substituents is 1. The Kier molecular flexibility index (Phi) is 6.26. The highest BCUT2D eigenvalue weighted by molar-refractivity contribution is 5.95. The summed E-state index contributed by atoms with van der Waals surface area (Å²) in [7, 11) is 0. The Balaban J connectivity index is 1.89. The third kappa shape index (κ3) is 5.59. The van der Waals surface area contributed by atoms with Crippen LogP contribution in [0.2, 0.25) is 0 Å². The third-order valence-electron chi connectivity index (χ3n) is 3.36. The van der Waals surface area contributed by atoms with Crippen molar-refractivity contribution in [3.63, 3.8) is 0 Å². The van der Waals surface area contributed by atoms with Gasteiger partial charge >= 0.3 is 0 Å². The minimum absolute atomic E-state index is 0.0536. The van der Waals surface area contributed by atoms with Gasteiger partial charge in [-0.05, 0) is 30.3 Å². The number of nitro groups is 1. The zero-order chi connectivity index (χ0) is 19.1. The van der Waals surface area contributed by atoms with Crippen LogP contribution in [-0.4, -0.2) is 23.3 Å². The van der Waals surface area contributed by atoms with Crippen LogP contribution in [0.3, 0.4) is 0 Å². The molecule has 2 aromatic carbocycles. The predicted octanol–water partition coefficient (Wildman–Crippen LogP) is 3.21. The molecule has 0 unspecified atom stereocenters. The molecule has 26 heavy (non-hydrogen) atoms. The smallest absolute Gasteiger partial charge is 0.269 e. The van der Waals surface area contributed by atoms with Crippen LogP contribution in [0.15, 0.2) is 48.5 Å². The topological polar surface area (TPSA) is 111 Å². The molecule has 2 rings (SSSR count). The SMILES string of the molecule is CC(C)C(=O)Nc1cccc(NC(=O)COc2ccc([N+](=O)[O-])cc2)c1. The fourth-order valence-electron chi connectivity index (χ4n) is 1.97. The van der Waals surface area contributed by atoms with Gasteiger partial charge in [0, 0.05) is 29.4 Å². The minimum Gasteiger partial charge on any atom is -0.484 e. The van der Waals surface area contributed by atoms with Crippen molar-refractivity contribution < 1.29 is 19.2 Å². The summed E-state index contributed by atoms with van der Waals surface area (Å²) in [5.41, 5.74) is 1.05. The van der Waals surface area contributed by atoms with Gasteiger partial charge in [0.25, 0.3) is 11.6 Å². The van der Waals surface area contributed by atoms with Gasteiger partial charge in [-0.25, -0.2) is 0 Å².